The van der Waals surface area contributed by atoms with Crippen LogP contribution in [0.4, 0.5) is 5.69 Å². The summed E-state index contributed by atoms with van der Waals surface area (Å²) >= 11 is 1.45. The number of para-hydroxylation sites is 1. The smallest absolute Gasteiger partial charge is 0.286 e. The van der Waals surface area contributed by atoms with Crippen molar-refractivity contribution in [2.45, 2.75) is 6.92 Å². The van der Waals surface area contributed by atoms with Gasteiger partial charge in [0.25, 0.3) is 5.91 Å². The van der Waals surface area contributed by atoms with Gasteiger partial charge in [-0.25, -0.2) is 0 Å². The molecule has 0 radical (unpaired) electrons. The molecule has 0 N–H and O–H groups in total. The summed E-state index contributed by atoms with van der Waals surface area (Å²) in [4.78, 5) is 22.0. The van der Waals surface area contributed by atoms with E-state index in [1.165, 1.54) is 23.0 Å². The quantitative estimate of drug-likeness (QED) is 0.533. The molecule has 154 valence electrons. The summed E-state index contributed by atoms with van der Waals surface area (Å²) in [6.07, 6.45) is 3.57. The van der Waals surface area contributed by atoms with E-state index in [1.54, 1.807) is 6.08 Å². The van der Waals surface area contributed by atoms with Gasteiger partial charge in [0, 0.05) is 37.4 Å². The molecule has 2 aliphatic rings. The van der Waals surface area contributed by atoms with E-state index < -0.39 is 0 Å². The number of ether oxygens (including phenoxy) is 1. The van der Waals surface area contributed by atoms with E-state index in [2.05, 4.69) is 52.6 Å². The number of aliphatic imine (C=N–C) groups is 1. The third-order valence-corrected chi connectivity index (χ3v) is 6.13. The normalized spacial score (nSPS) is 18.0. The fourth-order valence-corrected chi connectivity index (χ4v) is 4.49. The molecule has 0 unspecified atom stereocenters. The molecule has 1 amide bonds. The number of anilines is 1. The maximum Gasteiger partial charge on any atom is 0.286 e. The van der Waals surface area contributed by atoms with Crippen LogP contribution in [0.3, 0.4) is 0 Å². The Hall–Kier alpha value is -2.99. The van der Waals surface area contributed by atoms with Crippen LogP contribution in [0.2, 0.25) is 0 Å². The molecule has 2 aliphatic heterocycles. The maximum atomic E-state index is 12.5. The summed E-state index contributed by atoms with van der Waals surface area (Å²) < 4.78 is 5.70. The van der Waals surface area contributed by atoms with Crippen LogP contribution in [0.15, 0.2) is 71.1 Å². The molecular formula is C24H25N3O2S. The molecular weight excluding hydrogens is 394 g/mol. The average Bonchev–Trinajstić information content (AvgIpc) is 3.13. The Balaban J connectivity index is 1.41. The van der Waals surface area contributed by atoms with Crippen LogP contribution in [0.5, 0.6) is 5.75 Å². The molecule has 0 saturated carbocycles. The summed E-state index contributed by atoms with van der Waals surface area (Å²) in [5.41, 5.74) is 3.39. The Morgan fingerprint density at radius 3 is 2.63 bits per heavy atom. The second kappa shape index (κ2) is 9.22. The Morgan fingerprint density at radius 2 is 1.87 bits per heavy atom. The Bertz CT molecular complexity index is 1010. The molecule has 0 bridgehead atoms. The van der Waals surface area contributed by atoms with Gasteiger partial charge in [-0.2, -0.15) is 4.99 Å². The third-order valence-electron chi connectivity index (χ3n) is 5.09. The van der Waals surface area contributed by atoms with E-state index in [4.69, 9.17) is 4.74 Å². The predicted molar refractivity (Wildman–Crippen MR) is 125 cm³/mol. The van der Waals surface area contributed by atoms with E-state index in [0.717, 1.165) is 42.7 Å². The zero-order chi connectivity index (χ0) is 20.9. The highest BCUT2D eigenvalue weighted by Gasteiger charge is 2.28. The standard InChI is InChI=1S/C24H25N3O2S/c1-3-15-29-21-10-5-4-8-19(21)17-22-23(28)25-24(30-22)27-13-11-26(12-14-27)20-9-6-7-18(2)16-20/h3-10,16-17H,1,11-15H2,2H3/b22-17+. The van der Waals surface area contributed by atoms with Crippen LogP contribution in [0.1, 0.15) is 11.1 Å². The number of nitrogens with zero attached hydrogens (tertiary/aromatic N) is 3. The van der Waals surface area contributed by atoms with Crippen molar-refractivity contribution in [2.24, 2.45) is 4.99 Å². The first-order valence-corrected chi connectivity index (χ1v) is 10.9. The molecule has 0 atom stereocenters. The first-order valence-electron chi connectivity index (χ1n) is 10.1. The van der Waals surface area contributed by atoms with Crippen molar-refractivity contribution in [1.82, 2.24) is 4.90 Å². The number of amides is 1. The van der Waals surface area contributed by atoms with Crippen molar-refractivity contribution in [2.75, 3.05) is 37.7 Å². The van der Waals surface area contributed by atoms with E-state index in [0.29, 0.717) is 11.5 Å². The van der Waals surface area contributed by atoms with E-state index in [-0.39, 0.29) is 5.91 Å². The van der Waals surface area contributed by atoms with Crippen LogP contribution in [0, 0.1) is 6.92 Å². The van der Waals surface area contributed by atoms with E-state index >= 15 is 0 Å². The van der Waals surface area contributed by atoms with Crippen molar-refractivity contribution in [3.63, 3.8) is 0 Å². The first kappa shape index (κ1) is 20.3. The van der Waals surface area contributed by atoms with E-state index in [1.807, 2.05) is 30.3 Å². The lowest BCUT2D eigenvalue weighted by atomic mass is 10.2. The summed E-state index contributed by atoms with van der Waals surface area (Å²) in [6.45, 7) is 9.74. The summed E-state index contributed by atoms with van der Waals surface area (Å²) in [6, 6.07) is 16.3. The largest absolute Gasteiger partial charge is 0.489 e. The minimum absolute atomic E-state index is 0.186. The van der Waals surface area contributed by atoms with Crippen molar-refractivity contribution in [3.8, 4) is 5.75 Å². The number of thioether (sulfide) groups is 1. The van der Waals surface area contributed by atoms with Gasteiger partial charge in [-0.3, -0.25) is 4.79 Å². The highest BCUT2D eigenvalue weighted by Crippen LogP contribution is 2.33. The minimum Gasteiger partial charge on any atom is -0.489 e. The number of piperazine rings is 1. The van der Waals surface area contributed by atoms with Gasteiger partial charge < -0.3 is 14.5 Å². The van der Waals surface area contributed by atoms with Gasteiger partial charge in [-0.05, 0) is 48.5 Å². The fraction of sp³-hybridized carbons (Fsp3) is 0.250. The summed E-state index contributed by atoms with van der Waals surface area (Å²) in [7, 11) is 0. The number of amidine groups is 1. The molecule has 1 saturated heterocycles. The second-order valence-electron chi connectivity index (χ2n) is 7.26. The molecule has 2 aromatic carbocycles. The van der Waals surface area contributed by atoms with Crippen LogP contribution in [-0.4, -0.2) is 48.8 Å². The predicted octanol–water partition coefficient (Wildman–Crippen LogP) is 4.35. The Morgan fingerprint density at radius 1 is 1.10 bits per heavy atom. The highest BCUT2D eigenvalue weighted by atomic mass is 32.2. The van der Waals surface area contributed by atoms with Crippen molar-refractivity contribution in [1.29, 1.82) is 0 Å². The molecule has 0 spiro atoms. The lowest BCUT2D eigenvalue weighted by molar-refractivity contribution is -0.113. The fourth-order valence-electron chi connectivity index (χ4n) is 3.54. The number of hydrogen-bond acceptors (Lipinski definition) is 5. The third kappa shape index (κ3) is 4.60. The number of hydrogen-bond donors (Lipinski definition) is 0. The molecule has 2 aromatic rings. The van der Waals surface area contributed by atoms with Gasteiger partial charge in [-0.15, -0.1) is 0 Å². The van der Waals surface area contributed by atoms with Crippen molar-refractivity contribution in [3.05, 3.63) is 77.2 Å². The van der Waals surface area contributed by atoms with Gasteiger partial charge in [0.1, 0.15) is 12.4 Å². The molecule has 2 heterocycles. The van der Waals surface area contributed by atoms with Gasteiger partial charge in [0.05, 0.1) is 4.91 Å². The lowest BCUT2D eigenvalue weighted by Gasteiger charge is -2.36. The van der Waals surface area contributed by atoms with Crippen LogP contribution >= 0.6 is 11.8 Å². The van der Waals surface area contributed by atoms with Crippen LogP contribution in [-0.2, 0) is 4.79 Å². The monoisotopic (exact) mass is 419 g/mol. The molecule has 30 heavy (non-hydrogen) atoms. The molecule has 5 nitrogen and oxygen atoms in total. The number of carbonyl (C=O) groups excluding carboxylic acids is 1. The lowest BCUT2D eigenvalue weighted by Crippen LogP contribution is -2.47. The highest BCUT2D eigenvalue weighted by molar-refractivity contribution is 8.18. The van der Waals surface area contributed by atoms with E-state index in [9.17, 15) is 4.79 Å². The van der Waals surface area contributed by atoms with Gasteiger partial charge >= 0.3 is 0 Å². The number of aryl methyl sites for hydroxylation is 1. The second-order valence-corrected chi connectivity index (χ2v) is 8.27. The van der Waals surface area contributed by atoms with Crippen molar-refractivity contribution >= 4 is 34.6 Å². The van der Waals surface area contributed by atoms with Gasteiger partial charge in [0.15, 0.2) is 5.17 Å². The Labute approximate surface area is 181 Å². The minimum atomic E-state index is -0.186. The zero-order valence-corrected chi connectivity index (χ0v) is 17.9. The topological polar surface area (TPSA) is 45.1 Å². The van der Waals surface area contributed by atoms with Gasteiger partial charge in [0.2, 0.25) is 0 Å². The average molecular weight is 420 g/mol. The SMILES string of the molecule is C=CCOc1ccccc1/C=C1/SC(N2CCN(c3cccc(C)c3)CC2)=NC1=O. The zero-order valence-electron chi connectivity index (χ0n) is 17.1. The number of benzene rings is 2. The van der Waals surface area contributed by atoms with Crippen LogP contribution in [0.25, 0.3) is 6.08 Å². The molecule has 0 aromatic heterocycles. The molecule has 1 fully saturated rings. The van der Waals surface area contributed by atoms with Crippen LogP contribution < -0.4 is 9.64 Å². The molecule has 6 heteroatoms. The Kier molecular flexibility index (Phi) is 6.23. The molecule has 0 aliphatic carbocycles. The summed E-state index contributed by atoms with van der Waals surface area (Å²) in [5, 5.41) is 0.791. The maximum absolute atomic E-state index is 12.5. The summed E-state index contributed by atoms with van der Waals surface area (Å²) in [5.74, 6) is 0.549. The number of rotatable bonds is 5. The number of carbonyl (C=O) groups is 1. The first-order chi connectivity index (χ1) is 14.6. The van der Waals surface area contributed by atoms with Crippen molar-refractivity contribution < 1.29 is 9.53 Å². The van der Waals surface area contributed by atoms with Gasteiger partial charge in [-0.1, -0.05) is 43.0 Å². The molecule has 4 rings (SSSR count).